The summed E-state index contributed by atoms with van der Waals surface area (Å²) in [4.78, 5) is 43.5. The Labute approximate surface area is 371 Å². The number of carbonyl (C=O) groups is 1. The van der Waals surface area contributed by atoms with Gasteiger partial charge in [-0.3, -0.25) is 4.79 Å². The molecule has 0 spiro atoms. The van der Waals surface area contributed by atoms with E-state index in [1.807, 2.05) is 12.1 Å². The van der Waals surface area contributed by atoms with Gasteiger partial charge in [-0.05, 0) is 72.8 Å². The summed E-state index contributed by atoms with van der Waals surface area (Å²) in [5.74, 6) is -1.09. The molecule has 60 heavy (non-hydrogen) atoms. The Hall–Kier alpha value is -5.49. The molecular weight excluding hydrogens is 883 g/mol. The lowest BCUT2D eigenvalue weighted by Gasteiger charge is -2.24. The van der Waals surface area contributed by atoms with Crippen molar-refractivity contribution in [1.29, 1.82) is 0 Å². The van der Waals surface area contributed by atoms with E-state index < -0.39 is 18.1 Å². The molecule has 3 aromatic heterocycles. The van der Waals surface area contributed by atoms with E-state index in [1.165, 1.54) is 0 Å². The second-order valence-electron chi connectivity index (χ2n) is 13.6. The zero-order valence-electron chi connectivity index (χ0n) is 30.6. The third-order valence-corrected chi connectivity index (χ3v) is 11.4. The molecule has 0 saturated heterocycles. The third kappa shape index (κ3) is 7.70. The standard InChI is InChI=1S/C45H25Cl6N7O2/c46-22-13-16-34-28(19-22)37(25-7-1-4-10-31(25)49)55-42(52-34)40(41(59)43-53-35-17-14-23(47)20-29(35)38(56-43)26-8-2-5-11-32(26)50)58-45(60)44-54-36-18-15-24(48)21-30(36)39(57-44)27-9-3-6-12-33(27)51/h1-21,40-41,59H,(H,58,60). The van der Waals surface area contributed by atoms with E-state index in [4.69, 9.17) is 94.5 Å². The van der Waals surface area contributed by atoms with E-state index in [0.29, 0.717) is 96.6 Å². The lowest BCUT2D eigenvalue weighted by Crippen LogP contribution is -2.35. The highest BCUT2D eigenvalue weighted by molar-refractivity contribution is 6.35. The number of amides is 1. The first-order valence-corrected chi connectivity index (χ1v) is 20.4. The molecule has 3 heterocycles. The van der Waals surface area contributed by atoms with Crippen molar-refractivity contribution in [3.05, 3.63) is 175 Å². The van der Waals surface area contributed by atoms with Gasteiger partial charge in [0, 0.05) is 63.0 Å². The molecule has 9 nitrogen and oxygen atoms in total. The van der Waals surface area contributed by atoms with Crippen molar-refractivity contribution < 1.29 is 9.90 Å². The van der Waals surface area contributed by atoms with Crippen molar-refractivity contribution in [3.8, 4) is 33.8 Å². The van der Waals surface area contributed by atoms with Crippen molar-refractivity contribution >= 4 is 108 Å². The number of hydrogen-bond donors (Lipinski definition) is 2. The minimum absolute atomic E-state index is 0.00131. The normalized spacial score (nSPS) is 12.5. The van der Waals surface area contributed by atoms with Gasteiger partial charge in [0.1, 0.15) is 12.1 Å². The summed E-state index contributed by atoms with van der Waals surface area (Å²) in [6.45, 7) is 0. The van der Waals surface area contributed by atoms with Gasteiger partial charge in [-0.25, -0.2) is 29.9 Å². The van der Waals surface area contributed by atoms with Crippen LogP contribution in [0.3, 0.4) is 0 Å². The van der Waals surface area contributed by atoms with Gasteiger partial charge in [0.25, 0.3) is 5.91 Å². The second kappa shape index (κ2) is 16.5. The van der Waals surface area contributed by atoms with Crippen LogP contribution in [-0.2, 0) is 0 Å². The summed E-state index contributed by atoms with van der Waals surface area (Å²) >= 11 is 39.5. The first kappa shape index (κ1) is 39.9. The lowest BCUT2D eigenvalue weighted by molar-refractivity contribution is 0.0794. The summed E-state index contributed by atoms with van der Waals surface area (Å²) < 4.78 is 0. The van der Waals surface area contributed by atoms with Crippen LogP contribution in [0.1, 0.15) is 34.4 Å². The van der Waals surface area contributed by atoms with Gasteiger partial charge < -0.3 is 10.4 Å². The number of rotatable bonds is 8. The van der Waals surface area contributed by atoms with Crippen LogP contribution >= 0.6 is 69.6 Å². The quantitative estimate of drug-likeness (QED) is 0.154. The average Bonchev–Trinajstić information content (AvgIpc) is 3.25. The number of aliphatic hydroxyl groups excluding tert-OH is 1. The van der Waals surface area contributed by atoms with E-state index >= 15 is 0 Å². The van der Waals surface area contributed by atoms with Crippen LogP contribution in [0.5, 0.6) is 0 Å². The van der Waals surface area contributed by atoms with Crippen molar-refractivity contribution in [2.24, 2.45) is 0 Å². The topological polar surface area (TPSA) is 127 Å². The van der Waals surface area contributed by atoms with Crippen LogP contribution in [0.15, 0.2) is 127 Å². The molecule has 0 aliphatic heterocycles. The molecule has 15 heteroatoms. The Balaban J connectivity index is 1.25. The summed E-state index contributed by atoms with van der Waals surface area (Å²) in [6.07, 6.45) is -1.68. The van der Waals surface area contributed by atoms with Crippen LogP contribution < -0.4 is 5.32 Å². The highest BCUT2D eigenvalue weighted by Crippen LogP contribution is 2.39. The molecular formula is C45H25Cl6N7O2. The first-order valence-electron chi connectivity index (χ1n) is 18.2. The number of halogens is 6. The van der Waals surface area contributed by atoms with Gasteiger partial charge in [-0.1, -0.05) is 124 Å². The van der Waals surface area contributed by atoms with Crippen LogP contribution in [0, 0.1) is 0 Å². The fourth-order valence-corrected chi connectivity index (χ4v) is 8.12. The number of benzene rings is 6. The number of hydrogen-bond acceptors (Lipinski definition) is 8. The van der Waals surface area contributed by atoms with Gasteiger partial charge in [-0.15, -0.1) is 0 Å². The maximum absolute atomic E-state index is 14.7. The van der Waals surface area contributed by atoms with E-state index in [-0.39, 0.29) is 17.5 Å². The maximum atomic E-state index is 14.7. The SMILES string of the molecule is O=C(NC(c1nc(-c2ccccc2Cl)c2cc(Cl)ccc2n1)C(O)c1nc(-c2ccccc2Cl)c2cc(Cl)ccc2n1)c1nc(-c2ccccc2Cl)c2cc(Cl)ccc2n1. The molecule has 0 aliphatic rings. The van der Waals surface area contributed by atoms with Crippen LogP contribution in [0.4, 0.5) is 0 Å². The predicted octanol–water partition coefficient (Wildman–Crippen LogP) is 12.6. The highest BCUT2D eigenvalue weighted by Gasteiger charge is 2.33. The molecule has 294 valence electrons. The highest BCUT2D eigenvalue weighted by atomic mass is 35.5. The number of aliphatic hydroxyl groups is 1. The predicted molar refractivity (Wildman–Crippen MR) is 240 cm³/mol. The zero-order chi connectivity index (χ0) is 41.7. The van der Waals surface area contributed by atoms with Crippen molar-refractivity contribution in [1.82, 2.24) is 35.2 Å². The van der Waals surface area contributed by atoms with Crippen LogP contribution in [0.25, 0.3) is 66.5 Å². The summed E-state index contributed by atoms with van der Waals surface area (Å²) in [5, 5.41) is 19.8. The van der Waals surface area contributed by atoms with E-state index in [1.54, 1.807) is 115 Å². The van der Waals surface area contributed by atoms with Crippen molar-refractivity contribution in [2.45, 2.75) is 12.1 Å². The molecule has 0 fully saturated rings. The van der Waals surface area contributed by atoms with Gasteiger partial charge in [0.15, 0.2) is 11.6 Å². The molecule has 2 N–H and O–H groups in total. The molecule has 0 radical (unpaired) electrons. The smallest absolute Gasteiger partial charge is 0.289 e. The van der Waals surface area contributed by atoms with Gasteiger partial charge in [0.2, 0.25) is 5.82 Å². The van der Waals surface area contributed by atoms with E-state index in [9.17, 15) is 9.90 Å². The lowest BCUT2D eigenvalue weighted by atomic mass is 10.0. The van der Waals surface area contributed by atoms with Gasteiger partial charge in [-0.2, -0.15) is 0 Å². The molecule has 1 amide bonds. The molecule has 0 saturated carbocycles. The van der Waals surface area contributed by atoms with E-state index in [0.717, 1.165) is 0 Å². The number of fused-ring (bicyclic) bond motifs is 3. The minimum atomic E-state index is -1.68. The molecule has 6 aromatic carbocycles. The fraction of sp³-hybridized carbons (Fsp3) is 0.0444. The van der Waals surface area contributed by atoms with Crippen molar-refractivity contribution in [3.63, 3.8) is 0 Å². The first-order chi connectivity index (χ1) is 29.0. The maximum Gasteiger partial charge on any atom is 0.289 e. The second-order valence-corrected chi connectivity index (χ2v) is 16.1. The van der Waals surface area contributed by atoms with Gasteiger partial charge in [0.05, 0.1) is 33.6 Å². The molecule has 0 aliphatic carbocycles. The average molecular weight is 908 g/mol. The third-order valence-electron chi connectivity index (χ3n) is 9.74. The summed E-state index contributed by atoms with van der Waals surface area (Å²) in [7, 11) is 0. The zero-order valence-corrected chi connectivity index (χ0v) is 35.1. The Kier molecular flexibility index (Phi) is 11.0. The Bertz CT molecular complexity index is 3190. The number of nitrogens with zero attached hydrogens (tertiary/aromatic N) is 6. The molecule has 9 rings (SSSR count). The van der Waals surface area contributed by atoms with Crippen molar-refractivity contribution in [2.75, 3.05) is 0 Å². The summed E-state index contributed by atoms with van der Waals surface area (Å²) in [5.41, 5.74) is 4.20. The summed E-state index contributed by atoms with van der Waals surface area (Å²) in [6, 6.07) is 35.2. The largest absolute Gasteiger partial charge is 0.382 e. The Morgan fingerprint density at radius 3 is 1.30 bits per heavy atom. The van der Waals surface area contributed by atoms with E-state index in [2.05, 4.69) is 10.3 Å². The molecule has 0 bridgehead atoms. The molecule has 9 aromatic rings. The number of carbonyl (C=O) groups excluding carboxylic acids is 1. The minimum Gasteiger partial charge on any atom is -0.382 e. The Morgan fingerprint density at radius 1 is 0.467 bits per heavy atom. The number of nitrogens with one attached hydrogen (secondary N) is 1. The fourth-order valence-electron chi connectivity index (χ4n) is 6.93. The molecule has 2 unspecified atom stereocenters. The molecule has 2 atom stereocenters. The number of aromatic nitrogens is 6. The van der Waals surface area contributed by atoms with Crippen LogP contribution in [0.2, 0.25) is 30.1 Å². The Morgan fingerprint density at radius 2 is 0.850 bits per heavy atom. The van der Waals surface area contributed by atoms with Crippen LogP contribution in [-0.4, -0.2) is 40.9 Å². The monoisotopic (exact) mass is 905 g/mol. The van der Waals surface area contributed by atoms with Gasteiger partial charge >= 0.3 is 0 Å².